The van der Waals surface area contributed by atoms with Crippen LogP contribution in [0.25, 0.3) is 0 Å². The van der Waals surface area contributed by atoms with E-state index in [1.54, 1.807) is 0 Å². The van der Waals surface area contributed by atoms with Crippen molar-refractivity contribution in [1.29, 1.82) is 0 Å². The maximum absolute atomic E-state index is 5.57. The highest BCUT2D eigenvalue weighted by Crippen LogP contribution is 2.26. The molecule has 2 aliphatic rings. The number of likely N-dealkylation sites (tertiary alicyclic amines) is 1. The zero-order valence-corrected chi connectivity index (χ0v) is 10.8. The molecule has 0 bridgehead atoms. The summed E-state index contributed by atoms with van der Waals surface area (Å²) in [6.07, 6.45) is 6.40. The molecule has 0 radical (unpaired) electrons. The molecular weight excluding hydrogens is 218 g/mol. The lowest BCUT2D eigenvalue weighted by Gasteiger charge is -2.24. The largest absolute Gasteiger partial charge is 0.393 e. The van der Waals surface area contributed by atoms with E-state index < -0.39 is 0 Å². The first kappa shape index (κ1) is 12.3. The van der Waals surface area contributed by atoms with Gasteiger partial charge in [-0.15, -0.1) is 0 Å². The first-order valence-corrected chi connectivity index (χ1v) is 6.91. The van der Waals surface area contributed by atoms with Crippen molar-refractivity contribution < 1.29 is 0 Å². The molecule has 92 valence electrons. The third-order valence-electron chi connectivity index (χ3n) is 3.61. The fourth-order valence-electron chi connectivity index (χ4n) is 2.45. The second-order valence-electron chi connectivity index (χ2n) is 5.03. The lowest BCUT2D eigenvalue weighted by atomic mass is 10.3. The van der Waals surface area contributed by atoms with E-state index >= 15 is 0 Å². The van der Waals surface area contributed by atoms with Gasteiger partial charge in [0.2, 0.25) is 0 Å². The lowest BCUT2D eigenvalue weighted by Crippen LogP contribution is -2.36. The molecule has 0 atom stereocenters. The van der Waals surface area contributed by atoms with Crippen LogP contribution in [-0.4, -0.2) is 53.6 Å². The Hall–Kier alpha value is -0.190. The molecule has 1 heterocycles. The molecule has 1 saturated carbocycles. The van der Waals surface area contributed by atoms with Gasteiger partial charge < -0.3 is 10.6 Å². The highest BCUT2D eigenvalue weighted by molar-refractivity contribution is 7.80. The fourth-order valence-corrected chi connectivity index (χ4v) is 2.54. The molecule has 1 saturated heterocycles. The molecule has 4 heteroatoms. The molecule has 0 aromatic carbocycles. The van der Waals surface area contributed by atoms with Crippen molar-refractivity contribution in [3.63, 3.8) is 0 Å². The lowest BCUT2D eigenvalue weighted by molar-refractivity contribution is 0.222. The van der Waals surface area contributed by atoms with E-state index in [1.165, 1.54) is 51.9 Å². The van der Waals surface area contributed by atoms with Crippen molar-refractivity contribution >= 4 is 17.2 Å². The van der Waals surface area contributed by atoms with Crippen LogP contribution in [-0.2, 0) is 0 Å². The summed E-state index contributed by atoms with van der Waals surface area (Å²) >= 11 is 4.95. The summed E-state index contributed by atoms with van der Waals surface area (Å²) in [5, 5.41) is 0. The molecule has 0 aromatic heterocycles. The normalized spacial score (nSPS) is 21.8. The topological polar surface area (TPSA) is 32.5 Å². The molecule has 1 aliphatic carbocycles. The van der Waals surface area contributed by atoms with Crippen LogP contribution in [0.1, 0.15) is 32.1 Å². The number of nitrogens with two attached hydrogens (primary N) is 1. The minimum Gasteiger partial charge on any atom is -0.393 e. The summed E-state index contributed by atoms with van der Waals surface area (Å²) in [5.74, 6) is 0. The van der Waals surface area contributed by atoms with Crippen LogP contribution < -0.4 is 5.73 Å². The Morgan fingerprint density at radius 1 is 1.25 bits per heavy atom. The second-order valence-corrected chi connectivity index (χ2v) is 5.56. The predicted octanol–water partition coefficient (Wildman–Crippen LogP) is 1.22. The highest BCUT2D eigenvalue weighted by atomic mass is 32.1. The summed E-state index contributed by atoms with van der Waals surface area (Å²) in [4.78, 5) is 5.82. The molecule has 0 unspecified atom stereocenters. The van der Waals surface area contributed by atoms with Gasteiger partial charge in [0.1, 0.15) is 0 Å². The Labute approximate surface area is 104 Å². The van der Waals surface area contributed by atoms with Crippen LogP contribution in [0.4, 0.5) is 0 Å². The Balaban J connectivity index is 1.67. The van der Waals surface area contributed by atoms with Gasteiger partial charge in [-0.25, -0.2) is 0 Å². The van der Waals surface area contributed by atoms with Gasteiger partial charge in [0.25, 0.3) is 0 Å². The van der Waals surface area contributed by atoms with Gasteiger partial charge in [0, 0.05) is 32.1 Å². The van der Waals surface area contributed by atoms with Crippen LogP contribution in [0.3, 0.4) is 0 Å². The van der Waals surface area contributed by atoms with Crippen LogP contribution in [0.5, 0.6) is 0 Å². The Bertz CT molecular complexity index is 234. The quantitative estimate of drug-likeness (QED) is 0.679. The summed E-state index contributed by atoms with van der Waals surface area (Å²) < 4.78 is 0. The average molecular weight is 241 g/mol. The summed E-state index contributed by atoms with van der Waals surface area (Å²) in [7, 11) is 0. The first-order valence-electron chi connectivity index (χ1n) is 6.50. The van der Waals surface area contributed by atoms with Crippen molar-refractivity contribution in [3.8, 4) is 0 Å². The third-order valence-corrected chi connectivity index (χ3v) is 3.81. The van der Waals surface area contributed by atoms with Crippen molar-refractivity contribution in [2.75, 3.05) is 32.7 Å². The molecule has 0 spiro atoms. The molecule has 2 fully saturated rings. The third kappa shape index (κ3) is 4.00. The monoisotopic (exact) mass is 241 g/mol. The van der Waals surface area contributed by atoms with Crippen LogP contribution in [0.2, 0.25) is 0 Å². The van der Waals surface area contributed by atoms with Crippen molar-refractivity contribution in [2.45, 2.75) is 38.1 Å². The smallest absolute Gasteiger partial charge is 0.0740 e. The molecule has 0 aromatic rings. The molecule has 2 rings (SSSR count). The number of thiocarbonyl (C=S) groups is 1. The number of nitrogens with zero attached hydrogens (tertiary/aromatic N) is 2. The number of rotatable bonds is 7. The van der Waals surface area contributed by atoms with E-state index in [0.29, 0.717) is 4.99 Å². The molecular formula is C12H23N3S. The summed E-state index contributed by atoms with van der Waals surface area (Å²) in [6, 6.07) is 0.831. The Morgan fingerprint density at radius 2 is 1.94 bits per heavy atom. The first-order chi connectivity index (χ1) is 7.75. The van der Waals surface area contributed by atoms with Crippen LogP contribution in [0, 0.1) is 0 Å². The second kappa shape index (κ2) is 5.94. The zero-order valence-electron chi connectivity index (χ0n) is 10.0. The minimum absolute atomic E-state index is 0.659. The van der Waals surface area contributed by atoms with Gasteiger partial charge in [-0.2, -0.15) is 0 Å². The van der Waals surface area contributed by atoms with Gasteiger partial charge in [-0.3, -0.25) is 4.90 Å². The Kier molecular flexibility index (Phi) is 4.55. The zero-order chi connectivity index (χ0) is 11.4. The van der Waals surface area contributed by atoms with E-state index in [2.05, 4.69) is 9.80 Å². The fraction of sp³-hybridized carbons (Fsp3) is 0.917. The van der Waals surface area contributed by atoms with Crippen molar-refractivity contribution in [2.24, 2.45) is 5.73 Å². The van der Waals surface area contributed by atoms with Gasteiger partial charge in [-0.1, -0.05) is 12.2 Å². The van der Waals surface area contributed by atoms with Crippen molar-refractivity contribution in [3.05, 3.63) is 0 Å². The molecule has 16 heavy (non-hydrogen) atoms. The van der Waals surface area contributed by atoms with E-state index in [0.717, 1.165) is 19.0 Å². The van der Waals surface area contributed by atoms with E-state index in [4.69, 9.17) is 18.0 Å². The minimum atomic E-state index is 0.659. The maximum Gasteiger partial charge on any atom is 0.0740 e. The average Bonchev–Trinajstić information content (AvgIpc) is 2.95. The summed E-state index contributed by atoms with van der Waals surface area (Å²) in [5.41, 5.74) is 5.57. The molecule has 1 aliphatic heterocycles. The molecule has 2 N–H and O–H groups in total. The van der Waals surface area contributed by atoms with E-state index in [9.17, 15) is 0 Å². The highest BCUT2D eigenvalue weighted by Gasteiger charge is 2.28. The predicted molar refractivity (Wildman–Crippen MR) is 71.7 cm³/mol. The van der Waals surface area contributed by atoms with Gasteiger partial charge in [0.15, 0.2) is 0 Å². The number of hydrogen-bond donors (Lipinski definition) is 1. The van der Waals surface area contributed by atoms with Gasteiger partial charge in [0.05, 0.1) is 4.99 Å². The molecule has 3 nitrogen and oxygen atoms in total. The SMILES string of the molecule is NC(=S)CCN(CCN1CCCC1)C1CC1. The van der Waals surface area contributed by atoms with E-state index in [-0.39, 0.29) is 0 Å². The Morgan fingerprint density at radius 3 is 2.50 bits per heavy atom. The summed E-state index contributed by atoms with van der Waals surface area (Å²) in [6.45, 7) is 6.09. The standard InChI is InChI=1S/C12H23N3S/c13-12(16)5-8-15(11-3-4-11)10-9-14-6-1-2-7-14/h11H,1-10H2,(H2,13,16). The van der Waals surface area contributed by atoms with Gasteiger partial charge in [-0.05, 0) is 38.8 Å². The van der Waals surface area contributed by atoms with Crippen molar-refractivity contribution in [1.82, 2.24) is 9.80 Å². The maximum atomic E-state index is 5.57. The van der Waals surface area contributed by atoms with Crippen LogP contribution in [0.15, 0.2) is 0 Å². The van der Waals surface area contributed by atoms with Gasteiger partial charge >= 0.3 is 0 Å². The van der Waals surface area contributed by atoms with Crippen LogP contribution >= 0.6 is 12.2 Å². The number of hydrogen-bond acceptors (Lipinski definition) is 3. The van der Waals surface area contributed by atoms with E-state index in [1.807, 2.05) is 0 Å². The molecule has 0 amide bonds.